The van der Waals surface area contributed by atoms with Crippen LogP contribution in [0.4, 0.5) is 5.69 Å². The first kappa shape index (κ1) is 18.3. The summed E-state index contributed by atoms with van der Waals surface area (Å²) in [6, 6.07) is 14.5. The van der Waals surface area contributed by atoms with Crippen molar-refractivity contribution in [3.8, 4) is 11.3 Å². The van der Waals surface area contributed by atoms with Gasteiger partial charge < -0.3 is 4.42 Å². The number of hydrazone groups is 1. The minimum atomic E-state index is -0.528. The lowest BCUT2D eigenvalue weighted by molar-refractivity contribution is -0.384. The molecule has 0 spiro atoms. The zero-order chi connectivity index (χ0) is 19.4. The van der Waals surface area contributed by atoms with Gasteiger partial charge in [-0.3, -0.25) is 14.9 Å². The van der Waals surface area contributed by atoms with Crippen molar-refractivity contribution >= 4 is 29.4 Å². The molecule has 0 unspecified atom stereocenters. The number of nitro groups is 1. The van der Waals surface area contributed by atoms with Crippen molar-refractivity contribution in [2.45, 2.75) is 6.92 Å². The van der Waals surface area contributed by atoms with E-state index in [0.29, 0.717) is 22.6 Å². The quantitative estimate of drug-likeness (QED) is 0.396. The topological polar surface area (TPSA) is 97.7 Å². The molecule has 0 radical (unpaired) electrons. The molecule has 0 saturated carbocycles. The van der Waals surface area contributed by atoms with E-state index in [9.17, 15) is 14.9 Å². The third kappa shape index (κ3) is 4.39. The Labute approximate surface area is 159 Å². The van der Waals surface area contributed by atoms with Crippen molar-refractivity contribution < 1.29 is 14.1 Å². The third-order valence-electron chi connectivity index (χ3n) is 3.72. The minimum absolute atomic E-state index is 0.159. The number of amides is 1. The molecular formula is C19H14ClN3O4. The van der Waals surface area contributed by atoms with Crippen molar-refractivity contribution in [3.05, 3.63) is 86.6 Å². The molecule has 3 rings (SSSR count). The number of carbonyl (C=O) groups excluding carboxylic acids is 1. The number of carbonyl (C=O) groups is 1. The predicted molar refractivity (Wildman–Crippen MR) is 102 cm³/mol. The van der Waals surface area contributed by atoms with Crippen LogP contribution in [0.3, 0.4) is 0 Å². The van der Waals surface area contributed by atoms with Crippen molar-refractivity contribution in [3.63, 3.8) is 0 Å². The van der Waals surface area contributed by atoms with Gasteiger partial charge in [0.15, 0.2) is 0 Å². The number of aryl methyl sites for hydroxylation is 1. The number of halogens is 1. The fourth-order valence-corrected chi connectivity index (χ4v) is 2.52. The van der Waals surface area contributed by atoms with Gasteiger partial charge in [-0.05, 0) is 43.3 Å². The molecule has 0 fully saturated rings. The Balaban J connectivity index is 1.73. The summed E-state index contributed by atoms with van der Waals surface area (Å²) in [5, 5.41) is 15.3. The van der Waals surface area contributed by atoms with Crippen LogP contribution in [0, 0.1) is 17.0 Å². The molecule has 27 heavy (non-hydrogen) atoms. The number of furan rings is 1. The second kappa shape index (κ2) is 7.84. The van der Waals surface area contributed by atoms with Crippen LogP contribution >= 0.6 is 11.6 Å². The number of hydrogen-bond acceptors (Lipinski definition) is 5. The molecule has 0 bridgehead atoms. The predicted octanol–water partition coefficient (Wildman–Crippen LogP) is 4.58. The maximum absolute atomic E-state index is 12.0. The molecule has 0 saturated heterocycles. The highest BCUT2D eigenvalue weighted by Crippen LogP contribution is 2.33. The molecule has 1 aromatic heterocycles. The largest absolute Gasteiger partial charge is 0.455 e. The van der Waals surface area contributed by atoms with Gasteiger partial charge in [0.1, 0.15) is 11.5 Å². The van der Waals surface area contributed by atoms with E-state index in [-0.39, 0.29) is 16.6 Å². The van der Waals surface area contributed by atoms with Gasteiger partial charge in [0.05, 0.1) is 16.7 Å². The molecule has 1 amide bonds. The summed E-state index contributed by atoms with van der Waals surface area (Å²) in [6.45, 7) is 1.93. The summed E-state index contributed by atoms with van der Waals surface area (Å²) < 4.78 is 5.56. The minimum Gasteiger partial charge on any atom is -0.455 e. The van der Waals surface area contributed by atoms with Crippen molar-refractivity contribution in [1.82, 2.24) is 5.43 Å². The van der Waals surface area contributed by atoms with Crippen LogP contribution < -0.4 is 5.43 Å². The fraction of sp³-hybridized carbons (Fsp3) is 0.0526. The molecule has 1 heterocycles. The zero-order valence-electron chi connectivity index (χ0n) is 14.2. The summed E-state index contributed by atoms with van der Waals surface area (Å²) in [4.78, 5) is 22.6. The first-order valence-corrected chi connectivity index (χ1v) is 8.26. The van der Waals surface area contributed by atoms with E-state index in [1.54, 1.807) is 30.3 Å². The molecule has 8 heteroatoms. The lowest BCUT2D eigenvalue weighted by Gasteiger charge is -2.00. The normalized spacial score (nSPS) is 10.9. The Morgan fingerprint density at radius 1 is 1.19 bits per heavy atom. The van der Waals surface area contributed by atoms with Crippen LogP contribution in [0.5, 0.6) is 0 Å². The number of nitrogens with zero attached hydrogens (tertiary/aromatic N) is 2. The fourth-order valence-electron chi connectivity index (χ4n) is 2.36. The average Bonchev–Trinajstić information content (AvgIpc) is 3.10. The Morgan fingerprint density at radius 2 is 1.93 bits per heavy atom. The highest BCUT2D eigenvalue weighted by Gasteiger charge is 2.18. The molecular weight excluding hydrogens is 370 g/mol. The van der Waals surface area contributed by atoms with E-state index in [1.807, 2.05) is 19.1 Å². The van der Waals surface area contributed by atoms with Crippen molar-refractivity contribution in [2.24, 2.45) is 5.10 Å². The number of benzene rings is 2. The van der Waals surface area contributed by atoms with Crippen LogP contribution in [0.25, 0.3) is 11.3 Å². The number of nitro benzene ring substituents is 1. The SMILES string of the molecule is Cc1ccc(C(=O)N/N=C\c2ccc(-c3ccc(Cl)cc3[N+](=O)[O-])o2)cc1. The Morgan fingerprint density at radius 3 is 2.63 bits per heavy atom. The maximum atomic E-state index is 12.0. The van der Waals surface area contributed by atoms with Gasteiger partial charge in [0, 0.05) is 16.7 Å². The van der Waals surface area contributed by atoms with Gasteiger partial charge in [-0.15, -0.1) is 0 Å². The molecule has 0 aliphatic rings. The van der Waals surface area contributed by atoms with Gasteiger partial charge in [-0.1, -0.05) is 29.3 Å². The molecule has 1 N–H and O–H groups in total. The summed E-state index contributed by atoms with van der Waals surface area (Å²) in [5.41, 5.74) is 4.07. The summed E-state index contributed by atoms with van der Waals surface area (Å²) in [6.07, 6.45) is 1.32. The molecule has 0 atom stereocenters. The van der Waals surface area contributed by atoms with E-state index in [1.165, 1.54) is 18.3 Å². The second-order valence-electron chi connectivity index (χ2n) is 5.69. The lowest BCUT2D eigenvalue weighted by atomic mass is 10.1. The first-order chi connectivity index (χ1) is 12.9. The smallest absolute Gasteiger partial charge is 0.281 e. The summed E-state index contributed by atoms with van der Waals surface area (Å²) in [5.74, 6) is 0.273. The Hall–Kier alpha value is -3.45. The highest BCUT2D eigenvalue weighted by molar-refractivity contribution is 6.30. The molecule has 3 aromatic rings. The van der Waals surface area contributed by atoms with E-state index < -0.39 is 4.92 Å². The average molecular weight is 384 g/mol. The number of nitrogens with one attached hydrogen (secondary N) is 1. The van der Waals surface area contributed by atoms with Crippen molar-refractivity contribution in [2.75, 3.05) is 0 Å². The number of hydrogen-bond donors (Lipinski definition) is 1. The van der Waals surface area contributed by atoms with Gasteiger partial charge in [-0.2, -0.15) is 5.10 Å². The van der Waals surface area contributed by atoms with Crippen LogP contribution in [0.1, 0.15) is 21.7 Å². The first-order valence-electron chi connectivity index (χ1n) is 7.88. The molecule has 0 aliphatic heterocycles. The monoisotopic (exact) mass is 383 g/mol. The molecule has 136 valence electrons. The Kier molecular flexibility index (Phi) is 5.33. The van der Waals surface area contributed by atoms with E-state index >= 15 is 0 Å². The third-order valence-corrected chi connectivity index (χ3v) is 3.96. The highest BCUT2D eigenvalue weighted by atomic mass is 35.5. The summed E-state index contributed by atoms with van der Waals surface area (Å²) >= 11 is 5.81. The zero-order valence-corrected chi connectivity index (χ0v) is 14.9. The summed E-state index contributed by atoms with van der Waals surface area (Å²) in [7, 11) is 0. The van der Waals surface area contributed by atoms with Crippen LogP contribution in [0.15, 0.2) is 64.1 Å². The van der Waals surface area contributed by atoms with Crippen molar-refractivity contribution in [1.29, 1.82) is 0 Å². The van der Waals surface area contributed by atoms with Gasteiger partial charge >= 0.3 is 0 Å². The van der Waals surface area contributed by atoms with Crippen LogP contribution in [-0.4, -0.2) is 17.0 Å². The van der Waals surface area contributed by atoms with Crippen LogP contribution in [0.2, 0.25) is 5.02 Å². The van der Waals surface area contributed by atoms with Crippen LogP contribution in [-0.2, 0) is 0 Å². The second-order valence-corrected chi connectivity index (χ2v) is 6.12. The maximum Gasteiger partial charge on any atom is 0.281 e. The molecule has 2 aromatic carbocycles. The van der Waals surface area contributed by atoms with E-state index in [0.717, 1.165) is 5.56 Å². The number of rotatable bonds is 5. The molecule has 0 aliphatic carbocycles. The van der Waals surface area contributed by atoms with Gasteiger partial charge in [0.2, 0.25) is 0 Å². The Bertz CT molecular complexity index is 1030. The van der Waals surface area contributed by atoms with E-state index in [2.05, 4.69) is 10.5 Å². The lowest BCUT2D eigenvalue weighted by Crippen LogP contribution is -2.17. The van der Waals surface area contributed by atoms with Gasteiger partial charge in [-0.25, -0.2) is 5.43 Å². The van der Waals surface area contributed by atoms with Gasteiger partial charge in [0.25, 0.3) is 11.6 Å². The van der Waals surface area contributed by atoms with E-state index in [4.69, 9.17) is 16.0 Å². The standard InChI is InChI=1S/C19H14ClN3O4/c1-12-2-4-13(5-3-12)19(24)22-21-11-15-7-9-18(27-15)16-8-6-14(20)10-17(16)23(25)26/h2-11H,1H3,(H,22,24)/b21-11-. The molecule has 7 nitrogen and oxygen atoms in total.